The number of methoxy groups -OCH3 is 1. The van der Waals surface area contributed by atoms with Crippen molar-refractivity contribution in [2.75, 3.05) is 7.11 Å². The Kier molecular flexibility index (Phi) is 10.6. The largest absolute Gasteiger partial charge is 0.497 e. The average Bonchev–Trinajstić information content (AvgIpc) is 3.17. The summed E-state index contributed by atoms with van der Waals surface area (Å²) in [6, 6.07) is 7.50. The number of aliphatic hydroxyl groups is 1. The normalized spacial score (nSPS) is 25.7. The van der Waals surface area contributed by atoms with E-state index in [1.165, 1.54) is 0 Å². The molecule has 0 radical (unpaired) electrons. The SMILES string of the molecule is C=C[C@@H]1OC(c2ccc(OC)cc2)O[C@]1(C)CCC(O)CC(=O)O[C@H](/C(C)=C/I)[C@@H](C)C=C. The third kappa shape index (κ3) is 7.40. The van der Waals surface area contributed by atoms with E-state index in [4.69, 9.17) is 18.9 Å². The molecule has 6 atom stereocenters. The molecule has 182 valence electrons. The first-order valence-electron chi connectivity index (χ1n) is 11.0. The van der Waals surface area contributed by atoms with E-state index in [1.807, 2.05) is 49.1 Å². The molecule has 6 nitrogen and oxygen atoms in total. The van der Waals surface area contributed by atoms with Crippen LogP contribution in [0.4, 0.5) is 0 Å². The molecule has 1 aliphatic heterocycles. The number of ether oxygens (including phenoxy) is 4. The lowest BCUT2D eigenvalue weighted by Crippen LogP contribution is -2.36. The van der Waals surface area contributed by atoms with Crippen LogP contribution in [0.3, 0.4) is 0 Å². The number of benzene rings is 1. The van der Waals surface area contributed by atoms with Gasteiger partial charge in [0.2, 0.25) is 0 Å². The van der Waals surface area contributed by atoms with Crippen LogP contribution in [-0.2, 0) is 19.0 Å². The monoisotopic (exact) mass is 570 g/mol. The number of carbonyl (C=O) groups is 1. The van der Waals surface area contributed by atoms with E-state index in [9.17, 15) is 9.90 Å². The van der Waals surface area contributed by atoms with Gasteiger partial charge in [-0.25, -0.2) is 0 Å². The minimum Gasteiger partial charge on any atom is -0.497 e. The van der Waals surface area contributed by atoms with Gasteiger partial charge in [0.25, 0.3) is 0 Å². The molecule has 1 heterocycles. The van der Waals surface area contributed by atoms with Gasteiger partial charge < -0.3 is 24.1 Å². The average molecular weight is 570 g/mol. The predicted octanol–water partition coefficient (Wildman–Crippen LogP) is 5.66. The van der Waals surface area contributed by atoms with Gasteiger partial charge in [-0.15, -0.1) is 13.2 Å². The van der Waals surface area contributed by atoms with Gasteiger partial charge >= 0.3 is 5.97 Å². The van der Waals surface area contributed by atoms with Crippen LogP contribution in [0.15, 0.2) is 59.2 Å². The fraction of sp³-hybridized carbons (Fsp3) is 0.500. The molecule has 1 N–H and O–H groups in total. The zero-order valence-corrected chi connectivity index (χ0v) is 22.0. The highest BCUT2D eigenvalue weighted by Crippen LogP contribution is 2.42. The summed E-state index contributed by atoms with van der Waals surface area (Å²) in [4.78, 5) is 12.5. The van der Waals surface area contributed by atoms with Crippen molar-refractivity contribution in [2.45, 2.75) is 70.2 Å². The second kappa shape index (κ2) is 12.7. The van der Waals surface area contributed by atoms with Crippen molar-refractivity contribution in [1.82, 2.24) is 0 Å². The summed E-state index contributed by atoms with van der Waals surface area (Å²) < 4.78 is 25.0. The predicted molar refractivity (Wildman–Crippen MR) is 137 cm³/mol. The molecular formula is C26H35IO6. The van der Waals surface area contributed by atoms with Crippen LogP contribution in [-0.4, -0.2) is 42.1 Å². The Balaban J connectivity index is 1.95. The molecule has 0 spiro atoms. The van der Waals surface area contributed by atoms with Crippen LogP contribution < -0.4 is 4.74 Å². The quantitative estimate of drug-likeness (QED) is 0.199. The fourth-order valence-corrected chi connectivity index (χ4v) is 4.12. The van der Waals surface area contributed by atoms with Crippen molar-refractivity contribution >= 4 is 28.6 Å². The van der Waals surface area contributed by atoms with E-state index in [0.29, 0.717) is 12.8 Å². The van der Waals surface area contributed by atoms with Crippen LogP contribution in [0.5, 0.6) is 5.75 Å². The molecule has 1 fully saturated rings. The number of esters is 1. The Morgan fingerprint density at radius 1 is 1.33 bits per heavy atom. The Morgan fingerprint density at radius 3 is 2.55 bits per heavy atom. The van der Waals surface area contributed by atoms with Crippen molar-refractivity contribution in [1.29, 1.82) is 0 Å². The molecule has 0 bridgehead atoms. The Labute approximate surface area is 210 Å². The van der Waals surface area contributed by atoms with E-state index >= 15 is 0 Å². The molecule has 7 heteroatoms. The van der Waals surface area contributed by atoms with Gasteiger partial charge in [-0.05, 0) is 48.5 Å². The second-order valence-electron chi connectivity index (χ2n) is 8.58. The van der Waals surface area contributed by atoms with Crippen molar-refractivity contribution in [2.24, 2.45) is 5.92 Å². The summed E-state index contributed by atoms with van der Waals surface area (Å²) in [6.45, 7) is 13.5. The number of carbonyl (C=O) groups excluding carboxylic acids is 1. The first-order chi connectivity index (χ1) is 15.7. The van der Waals surface area contributed by atoms with E-state index < -0.39 is 30.1 Å². The molecular weight excluding hydrogens is 535 g/mol. The van der Waals surface area contributed by atoms with Crippen molar-refractivity contribution in [3.63, 3.8) is 0 Å². The highest BCUT2D eigenvalue weighted by molar-refractivity contribution is 14.1. The third-order valence-electron chi connectivity index (χ3n) is 5.96. The molecule has 0 aliphatic carbocycles. The standard InChI is InChI=1S/C26H35IO6/c1-7-17(3)24(18(4)16-27)32-23(29)15-20(28)13-14-26(5)22(8-2)31-25(33-26)19-9-11-21(30-6)12-10-19/h7-12,16-17,20,22,24-25,28H,1-2,13-15H2,3-6H3/b18-16+/t17-,20?,22-,24-,25?,26+/m0/s1. The maximum atomic E-state index is 12.5. The maximum Gasteiger partial charge on any atom is 0.309 e. The molecule has 1 aromatic rings. The highest BCUT2D eigenvalue weighted by atomic mass is 127. The minimum atomic E-state index is -0.855. The number of hydrogen-bond donors (Lipinski definition) is 1. The zero-order chi connectivity index (χ0) is 24.6. The summed E-state index contributed by atoms with van der Waals surface area (Å²) in [5.74, 6) is 0.288. The summed E-state index contributed by atoms with van der Waals surface area (Å²) in [6.07, 6.45) is 2.09. The Morgan fingerprint density at radius 2 is 2.00 bits per heavy atom. The van der Waals surface area contributed by atoms with E-state index in [2.05, 4.69) is 35.7 Å². The topological polar surface area (TPSA) is 74.2 Å². The highest BCUT2D eigenvalue weighted by Gasteiger charge is 2.45. The molecule has 1 aliphatic rings. The first kappa shape index (κ1) is 27.6. The van der Waals surface area contributed by atoms with Gasteiger partial charge in [0.1, 0.15) is 18.0 Å². The smallest absolute Gasteiger partial charge is 0.309 e. The van der Waals surface area contributed by atoms with Crippen molar-refractivity contribution in [3.8, 4) is 5.75 Å². The molecule has 0 amide bonds. The van der Waals surface area contributed by atoms with Gasteiger partial charge in [0, 0.05) is 11.5 Å². The van der Waals surface area contributed by atoms with Crippen LogP contribution in [0, 0.1) is 5.92 Å². The van der Waals surface area contributed by atoms with E-state index in [0.717, 1.165) is 16.9 Å². The van der Waals surface area contributed by atoms with Gasteiger partial charge in [0.05, 0.1) is 25.2 Å². The molecule has 0 aromatic heterocycles. The van der Waals surface area contributed by atoms with E-state index in [1.54, 1.807) is 19.3 Å². The molecule has 2 unspecified atom stereocenters. The lowest BCUT2D eigenvalue weighted by molar-refractivity contribution is -0.151. The number of halogens is 1. The fourth-order valence-electron chi connectivity index (χ4n) is 3.77. The summed E-state index contributed by atoms with van der Waals surface area (Å²) in [7, 11) is 1.62. The minimum absolute atomic E-state index is 0.0247. The first-order valence-corrected chi connectivity index (χ1v) is 12.3. The molecule has 1 aromatic carbocycles. The third-order valence-corrected chi connectivity index (χ3v) is 6.94. The van der Waals surface area contributed by atoms with E-state index in [-0.39, 0.29) is 18.4 Å². The lowest BCUT2D eigenvalue weighted by atomic mass is 9.91. The van der Waals surface area contributed by atoms with Crippen LogP contribution in [0.1, 0.15) is 51.9 Å². The molecule has 1 saturated heterocycles. The lowest BCUT2D eigenvalue weighted by Gasteiger charge is -2.28. The van der Waals surface area contributed by atoms with Crippen LogP contribution in [0.2, 0.25) is 0 Å². The summed E-state index contributed by atoms with van der Waals surface area (Å²) >= 11 is 2.12. The number of rotatable bonds is 12. The van der Waals surface area contributed by atoms with Crippen LogP contribution >= 0.6 is 22.6 Å². The van der Waals surface area contributed by atoms with Gasteiger partial charge in [-0.1, -0.05) is 53.8 Å². The Bertz CT molecular complexity index is 836. The van der Waals surface area contributed by atoms with Gasteiger partial charge in [0.15, 0.2) is 6.29 Å². The Hall–Kier alpha value is -1.68. The molecule has 0 saturated carbocycles. The maximum absolute atomic E-state index is 12.5. The van der Waals surface area contributed by atoms with Crippen molar-refractivity contribution in [3.05, 3.63) is 64.8 Å². The molecule has 2 rings (SSSR count). The number of hydrogen-bond acceptors (Lipinski definition) is 6. The van der Waals surface area contributed by atoms with Gasteiger partial charge in [-0.3, -0.25) is 4.79 Å². The second-order valence-corrected chi connectivity index (χ2v) is 9.21. The van der Waals surface area contributed by atoms with Crippen LogP contribution in [0.25, 0.3) is 0 Å². The van der Waals surface area contributed by atoms with Crippen molar-refractivity contribution < 1.29 is 28.8 Å². The molecule has 33 heavy (non-hydrogen) atoms. The van der Waals surface area contributed by atoms with Gasteiger partial charge in [-0.2, -0.15) is 0 Å². The summed E-state index contributed by atoms with van der Waals surface area (Å²) in [5.41, 5.74) is 1.13. The zero-order valence-electron chi connectivity index (χ0n) is 19.8. The summed E-state index contributed by atoms with van der Waals surface area (Å²) in [5, 5.41) is 10.5. The number of aliphatic hydroxyl groups excluding tert-OH is 1.